The summed E-state index contributed by atoms with van der Waals surface area (Å²) < 4.78 is 6.81. The lowest BCUT2D eigenvalue weighted by Gasteiger charge is -2.13. The van der Waals surface area contributed by atoms with E-state index in [9.17, 15) is 19.7 Å². The van der Waals surface area contributed by atoms with Crippen molar-refractivity contribution in [3.63, 3.8) is 0 Å². The Kier molecular flexibility index (Phi) is 6.47. The molecule has 0 unspecified atom stereocenters. The predicted octanol–water partition coefficient (Wildman–Crippen LogP) is 4.64. The Bertz CT molecular complexity index is 1420. The molecule has 0 spiro atoms. The van der Waals surface area contributed by atoms with Crippen LogP contribution in [-0.4, -0.2) is 26.1 Å². The van der Waals surface area contributed by atoms with Gasteiger partial charge in [-0.1, -0.05) is 29.4 Å². The van der Waals surface area contributed by atoms with Crippen LogP contribution in [0, 0.1) is 17.0 Å². The van der Waals surface area contributed by atoms with Gasteiger partial charge >= 0.3 is 0 Å². The Morgan fingerprint density at radius 2 is 2.09 bits per heavy atom. The maximum atomic E-state index is 13.1. The second-order valence-electron chi connectivity index (χ2n) is 7.07. The Balaban J connectivity index is 1.61. The second-order valence-corrected chi connectivity index (χ2v) is 8.45. The summed E-state index contributed by atoms with van der Waals surface area (Å²) >= 11 is 7.13. The van der Waals surface area contributed by atoms with Crippen LogP contribution in [0.1, 0.15) is 11.3 Å². The molecule has 33 heavy (non-hydrogen) atoms. The van der Waals surface area contributed by atoms with Crippen molar-refractivity contribution < 1.29 is 14.1 Å². The highest BCUT2D eigenvalue weighted by Crippen LogP contribution is 2.26. The van der Waals surface area contributed by atoms with Crippen molar-refractivity contribution in [2.24, 2.45) is 0 Å². The van der Waals surface area contributed by atoms with E-state index in [1.54, 1.807) is 43.3 Å². The van der Waals surface area contributed by atoms with Crippen LogP contribution in [0.5, 0.6) is 0 Å². The van der Waals surface area contributed by atoms with Crippen LogP contribution in [0.3, 0.4) is 0 Å². The van der Waals surface area contributed by atoms with Gasteiger partial charge in [-0.3, -0.25) is 24.3 Å². The maximum absolute atomic E-state index is 13.1. The minimum atomic E-state index is -0.503. The quantitative estimate of drug-likeness (QED) is 0.175. The molecule has 168 valence electrons. The smallest absolute Gasteiger partial charge is 0.274 e. The summed E-state index contributed by atoms with van der Waals surface area (Å²) in [5, 5.41) is 15.0. The summed E-state index contributed by atoms with van der Waals surface area (Å²) in [6.45, 7) is 1.71. The molecule has 0 aliphatic rings. The minimum absolute atomic E-state index is 0.0706. The SMILES string of the molecule is Cc1c(NC(=O)CSc2nc3cc(Cl)ccc3c(=O)n2Cc2ccco2)cccc1[N+](=O)[O-]. The molecule has 4 rings (SSSR count). The number of fused-ring (bicyclic) bond motifs is 1. The molecular weight excluding hydrogens is 468 g/mol. The normalized spacial score (nSPS) is 11.0. The van der Waals surface area contributed by atoms with Gasteiger partial charge in [0.1, 0.15) is 5.76 Å². The van der Waals surface area contributed by atoms with Gasteiger partial charge in [-0.05, 0) is 43.3 Å². The Hall–Kier alpha value is -3.63. The van der Waals surface area contributed by atoms with Gasteiger partial charge < -0.3 is 9.73 Å². The standard InChI is InChI=1S/C22H17ClN4O5S/c1-13-17(5-2-6-19(13)27(30)31)24-20(28)12-33-22-25-18-10-14(23)7-8-16(18)21(29)26(22)11-15-4-3-9-32-15/h2-10H,11-12H2,1H3,(H,24,28). The lowest BCUT2D eigenvalue weighted by molar-refractivity contribution is -0.385. The van der Waals surface area contributed by atoms with E-state index in [0.29, 0.717) is 38.1 Å². The number of nitro benzene ring substituents is 1. The van der Waals surface area contributed by atoms with Gasteiger partial charge in [-0.25, -0.2) is 4.98 Å². The fourth-order valence-corrected chi connectivity index (χ4v) is 4.22. The molecule has 1 amide bonds. The molecule has 0 fully saturated rings. The third kappa shape index (κ3) is 4.91. The average Bonchev–Trinajstić information content (AvgIpc) is 3.29. The molecule has 9 nitrogen and oxygen atoms in total. The van der Waals surface area contributed by atoms with E-state index in [1.807, 2.05) is 0 Å². The van der Waals surface area contributed by atoms with Crippen LogP contribution in [0.2, 0.25) is 5.02 Å². The van der Waals surface area contributed by atoms with Gasteiger partial charge in [-0.15, -0.1) is 0 Å². The molecule has 0 bridgehead atoms. The number of carbonyl (C=O) groups excluding carboxylic acids is 1. The van der Waals surface area contributed by atoms with Crippen LogP contribution in [0.4, 0.5) is 11.4 Å². The minimum Gasteiger partial charge on any atom is -0.467 e. The predicted molar refractivity (Wildman–Crippen MR) is 126 cm³/mol. The van der Waals surface area contributed by atoms with Gasteiger partial charge in [0.2, 0.25) is 5.91 Å². The van der Waals surface area contributed by atoms with Crippen molar-refractivity contribution in [3.8, 4) is 0 Å². The Labute approximate surface area is 196 Å². The number of nitrogens with zero attached hydrogens (tertiary/aromatic N) is 3. The highest BCUT2D eigenvalue weighted by Gasteiger charge is 2.17. The number of halogens is 1. The van der Waals surface area contributed by atoms with E-state index in [4.69, 9.17) is 16.0 Å². The van der Waals surface area contributed by atoms with Crippen LogP contribution >= 0.6 is 23.4 Å². The van der Waals surface area contributed by atoms with Gasteiger partial charge in [0.05, 0.1) is 45.6 Å². The summed E-state index contributed by atoms with van der Waals surface area (Å²) in [6, 6.07) is 12.7. The first-order valence-corrected chi connectivity index (χ1v) is 11.1. The zero-order valence-electron chi connectivity index (χ0n) is 17.3. The van der Waals surface area contributed by atoms with E-state index in [0.717, 1.165) is 11.8 Å². The molecule has 2 heterocycles. The van der Waals surface area contributed by atoms with Crippen molar-refractivity contribution in [2.45, 2.75) is 18.6 Å². The summed E-state index contributed by atoms with van der Waals surface area (Å²) in [4.78, 5) is 40.9. The summed E-state index contributed by atoms with van der Waals surface area (Å²) in [5.41, 5.74) is 0.752. The van der Waals surface area contributed by atoms with Gasteiger partial charge in [0.15, 0.2) is 5.16 Å². The number of rotatable bonds is 7. The number of hydrogen-bond acceptors (Lipinski definition) is 7. The third-order valence-corrected chi connectivity index (χ3v) is 6.10. The molecular formula is C22H17ClN4O5S. The third-order valence-electron chi connectivity index (χ3n) is 4.88. The molecule has 0 saturated carbocycles. The molecule has 4 aromatic rings. The number of carbonyl (C=O) groups is 1. The molecule has 0 radical (unpaired) electrons. The molecule has 0 saturated heterocycles. The molecule has 2 aromatic carbocycles. The van der Waals surface area contributed by atoms with Crippen molar-refractivity contribution in [2.75, 3.05) is 11.1 Å². The Morgan fingerprint density at radius 3 is 2.82 bits per heavy atom. The molecule has 0 aliphatic carbocycles. The lowest BCUT2D eigenvalue weighted by Crippen LogP contribution is -2.24. The highest BCUT2D eigenvalue weighted by atomic mass is 35.5. The topological polar surface area (TPSA) is 120 Å². The van der Waals surface area contributed by atoms with Crippen molar-refractivity contribution >= 4 is 51.5 Å². The van der Waals surface area contributed by atoms with Gasteiger partial charge in [0, 0.05) is 11.1 Å². The van der Waals surface area contributed by atoms with Gasteiger partial charge in [-0.2, -0.15) is 0 Å². The number of hydrogen-bond donors (Lipinski definition) is 1. The molecule has 2 aromatic heterocycles. The van der Waals surface area contributed by atoms with Crippen LogP contribution < -0.4 is 10.9 Å². The van der Waals surface area contributed by atoms with E-state index in [2.05, 4.69) is 10.3 Å². The molecule has 0 aliphatic heterocycles. The van der Waals surface area contributed by atoms with Crippen molar-refractivity contribution in [3.05, 3.63) is 91.6 Å². The zero-order valence-corrected chi connectivity index (χ0v) is 18.9. The van der Waals surface area contributed by atoms with Crippen LogP contribution in [0.15, 0.2) is 69.2 Å². The fourth-order valence-electron chi connectivity index (χ4n) is 3.25. The summed E-state index contributed by atoms with van der Waals surface area (Å²) in [5.74, 6) is 0.0954. The molecule has 0 atom stereocenters. The largest absolute Gasteiger partial charge is 0.467 e. The summed E-state index contributed by atoms with van der Waals surface area (Å²) in [7, 11) is 0. The fraction of sp³-hybridized carbons (Fsp3) is 0.136. The van der Waals surface area contributed by atoms with E-state index < -0.39 is 10.8 Å². The number of thioether (sulfide) groups is 1. The first kappa shape index (κ1) is 22.6. The molecule has 1 N–H and O–H groups in total. The lowest BCUT2D eigenvalue weighted by atomic mass is 10.1. The number of furan rings is 1. The number of amides is 1. The van der Waals surface area contributed by atoms with E-state index >= 15 is 0 Å². The number of nitrogens with one attached hydrogen (secondary N) is 1. The second kappa shape index (κ2) is 9.47. The maximum Gasteiger partial charge on any atom is 0.274 e. The molecule has 11 heteroatoms. The number of nitro groups is 1. The zero-order chi connectivity index (χ0) is 23.5. The van der Waals surface area contributed by atoms with Crippen LogP contribution in [-0.2, 0) is 11.3 Å². The average molecular weight is 485 g/mol. The Morgan fingerprint density at radius 1 is 1.27 bits per heavy atom. The number of aromatic nitrogens is 2. The van der Waals surface area contributed by atoms with Crippen molar-refractivity contribution in [1.29, 1.82) is 0 Å². The highest BCUT2D eigenvalue weighted by molar-refractivity contribution is 7.99. The number of anilines is 1. The first-order valence-electron chi connectivity index (χ1n) is 9.72. The van der Waals surface area contributed by atoms with E-state index in [-0.39, 0.29) is 23.5 Å². The number of benzene rings is 2. The first-order chi connectivity index (χ1) is 15.8. The van der Waals surface area contributed by atoms with Crippen molar-refractivity contribution in [1.82, 2.24) is 9.55 Å². The monoisotopic (exact) mass is 484 g/mol. The van der Waals surface area contributed by atoms with Gasteiger partial charge in [0.25, 0.3) is 11.2 Å². The van der Waals surface area contributed by atoms with Crippen LogP contribution in [0.25, 0.3) is 10.9 Å². The summed E-state index contributed by atoms with van der Waals surface area (Å²) in [6.07, 6.45) is 1.51. The van der Waals surface area contributed by atoms with E-state index in [1.165, 1.54) is 23.0 Å².